The summed E-state index contributed by atoms with van der Waals surface area (Å²) in [6.07, 6.45) is 2.85. The van der Waals surface area contributed by atoms with Gasteiger partial charge in [-0.2, -0.15) is 10.4 Å². The molecule has 2 aromatic rings. The Morgan fingerprint density at radius 3 is 2.64 bits per heavy atom. The van der Waals surface area contributed by atoms with Gasteiger partial charge in [-0.25, -0.2) is 0 Å². The number of carbonyl (C=O) groups excluding carboxylic acids is 1. The lowest BCUT2D eigenvalue weighted by Gasteiger charge is -2.36. The van der Waals surface area contributed by atoms with E-state index in [0.717, 1.165) is 37.4 Å². The number of hydrogen-bond acceptors (Lipinski definition) is 4. The number of para-hydroxylation sites is 1. The number of benzene rings is 1. The summed E-state index contributed by atoms with van der Waals surface area (Å²) < 4.78 is 1.85. The van der Waals surface area contributed by atoms with E-state index in [-0.39, 0.29) is 5.91 Å². The minimum Gasteiger partial charge on any atom is -0.367 e. The molecular weight excluding hydrogens is 314 g/mol. The van der Waals surface area contributed by atoms with Crippen LogP contribution in [0.15, 0.2) is 30.5 Å². The Labute approximate surface area is 148 Å². The summed E-state index contributed by atoms with van der Waals surface area (Å²) in [5.41, 5.74) is 3.11. The second kappa shape index (κ2) is 7.39. The lowest BCUT2D eigenvalue weighted by Crippen LogP contribution is -2.49. The average molecular weight is 337 g/mol. The number of nitriles is 1. The van der Waals surface area contributed by atoms with Gasteiger partial charge in [0.15, 0.2) is 0 Å². The highest BCUT2D eigenvalue weighted by molar-refractivity contribution is 5.95. The van der Waals surface area contributed by atoms with Gasteiger partial charge in [0.05, 0.1) is 22.5 Å². The number of amides is 1. The van der Waals surface area contributed by atoms with Crippen LogP contribution in [0.2, 0.25) is 0 Å². The first-order valence-corrected chi connectivity index (χ1v) is 8.71. The molecule has 1 aromatic heterocycles. The van der Waals surface area contributed by atoms with Gasteiger partial charge in [0.25, 0.3) is 5.91 Å². The van der Waals surface area contributed by atoms with Crippen LogP contribution in [0.5, 0.6) is 0 Å². The highest BCUT2D eigenvalue weighted by Gasteiger charge is 2.25. The Bertz CT molecular complexity index is 796. The Hall–Kier alpha value is -2.81. The third-order valence-electron chi connectivity index (χ3n) is 4.56. The van der Waals surface area contributed by atoms with E-state index in [1.54, 1.807) is 0 Å². The van der Waals surface area contributed by atoms with Gasteiger partial charge in [-0.3, -0.25) is 9.48 Å². The van der Waals surface area contributed by atoms with Crippen molar-refractivity contribution >= 4 is 11.6 Å². The molecule has 0 unspecified atom stereocenters. The molecule has 0 spiro atoms. The minimum atomic E-state index is 0.0491. The van der Waals surface area contributed by atoms with Gasteiger partial charge in [0.1, 0.15) is 6.07 Å². The second-order valence-electron chi connectivity index (χ2n) is 6.30. The van der Waals surface area contributed by atoms with Crippen LogP contribution in [0.25, 0.3) is 0 Å². The van der Waals surface area contributed by atoms with Crippen molar-refractivity contribution in [2.75, 3.05) is 31.1 Å². The van der Waals surface area contributed by atoms with Crippen molar-refractivity contribution in [2.24, 2.45) is 0 Å². The topological polar surface area (TPSA) is 65.2 Å². The normalized spacial score (nSPS) is 14.4. The summed E-state index contributed by atoms with van der Waals surface area (Å²) in [6, 6.07) is 9.86. The Morgan fingerprint density at radius 2 is 1.96 bits per heavy atom. The zero-order valence-corrected chi connectivity index (χ0v) is 14.8. The maximum atomic E-state index is 12.8. The number of anilines is 1. The van der Waals surface area contributed by atoms with Crippen molar-refractivity contribution in [2.45, 2.75) is 26.8 Å². The molecule has 0 N–H and O–H groups in total. The third-order valence-corrected chi connectivity index (χ3v) is 4.56. The summed E-state index contributed by atoms with van der Waals surface area (Å²) in [6.45, 7) is 7.57. The summed E-state index contributed by atoms with van der Waals surface area (Å²) in [5, 5.41) is 13.7. The van der Waals surface area contributed by atoms with Crippen LogP contribution in [-0.4, -0.2) is 46.8 Å². The van der Waals surface area contributed by atoms with Crippen LogP contribution in [0, 0.1) is 18.3 Å². The molecule has 0 radical (unpaired) electrons. The monoisotopic (exact) mass is 337 g/mol. The van der Waals surface area contributed by atoms with Gasteiger partial charge in [-0.15, -0.1) is 0 Å². The van der Waals surface area contributed by atoms with Gasteiger partial charge < -0.3 is 9.80 Å². The SMILES string of the molecule is CCCn1cc(C(=O)N2CCN(c3ccccc3C#N)CC2)c(C)n1. The average Bonchev–Trinajstić information content (AvgIpc) is 3.02. The molecule has 1 aliphatic heterocycles. The molecule has 0 atom stereocenters. The number of hydrogen-bond donors (Lipinski definition) is 0. The number of aromatic nitrogens is 2. The molecule has 0 aliphatic carbocycles. The van der Waals surface area contributed by atoms with Crippen LogP contribution < -0.4 is 4.90 Å². The largest absolute Gasteiger partial charge is 0.367 e. The quantitative estimate of drug-likeness (QED) is 0.859. The van der Waals surface area contributed by atoms with Gasteiger partial charge >= 0.3 is 0 Å². The van der Waals surface area contributed by atoms with Gasteiger partial charge in [0.2, 0.25) is 0 Å². The van der Waals surface area contributed by atoms with E-state index in [4.69, 9.17) is 0 Å². The second-order valence-corrected chi connectivity index (χ2v) is 6.30. The van der Waals surface area contributed by atoms with Crippen LogP contribution >= 0.6 is 0 Å². The lowest BCUT2D eigenvalue weighted by molar-refractivity contribution is 0.0746. The lowest BCUT2D eigenvalue weighted by atomic mass is 10.1. The fraction of sp³-hybridized carbons (Fsp3) is 0.421. The molecule has 0 bridgehead atoms. The standard InChI is InChI=1S/C19H23N5O/c1-3-8-24-14-17(15(2)21-24)19(25)23-11-9-22(10-12-23)18-7-5-4-6-16(18)13-20/h4-7,14H,3,8-12H2,1-2H3. The third kappa shape index (κ3) is 3.50. The predicted molar refractivity (Wildman–Crippen MR) is 96.5 cm³/mol. The number of aryl methyl sites for hydroxylation is 2. The highest BCUT2D eigenvalue weighted by atomic mass is 16.2. The van der Waals surface area contributed by atoms with Crippen LogP contribution in [0.1, 0.15) is 35.0 Å². The molecule has 25 heavy (non-hydrogen) atoms. The molecule has 0 saturated carbocycles. The molecule has 3 rings (SSSR count). The van der Waals surface area contributed by atoms with Gasteiger partial charge in [-0.1, -0.05) is 19.1 Å². The van der Waals surface area contributed by atoms with E-state index >= 15 is 0 Å². The molecule has 6 nitrogen and oxygen atoms in total. The van der Waals surface area contributed by atoms with Crippen molar-refractivity contribution in [3.8, 4) is 6.07 Å². The van der Waals surface area contributed by atoms with E-state index in [0.29, 0.717) is 24.2 Å². The van der Waals surface area contributed by atoms with Crippen LogP contribution in [0.3, 0.4) is 0 Å². The van der Waals surface area contributed by atoms with E-state index in [1.165, 1.54) is 0 Å². The number of rotatable bonds is 4. The zero-order valence-electron chi connectivity index (χ0n) is 14.8. The molecular formula is C19H23N5O. The molecule has 1 aliphatic rings. The molecule has 130 valence electrons. The van der Waals surface area contributed by atoms with Crippen LogP contribution in [0.4, 0.5) is 5.69 Å². The molecule has 2 heterocycles. The Kier molecular flexibility index (Phi) is 5.03. The number of piperazine rings is 1. The van der Waals surface area contributed by atoms with Crippen molar-refractivity contribution < 1.29 is 4.79 Å². The van der Waals surface area contributed by atoms with Crippen molar-refractivity contribution in [3.63, 3.8) is 0 Å². The number of carbonyl (C=O) groups is 1. The first-order valence-electron chi connectivity index (χ1n) is 8.71. The first kappa shape index (κ1) is 17.0. The molecule has 1 amide bonds. The van der Waals surface area contributed by atoms with Crippen molar-refractivity contribution in [1.29, 1.82) is 5.26 Å². The Morgan fingerprint density at radius 1 is 1.24 bits per heavy atom. The molecule has 6 heteroatoms. The zero-order chi connectivity index (χ0) is 17.8. The maximum absolute atomic E-state index is 12.8. The van der Waals surface area contributed by atoms with E-state index in [2.05, 4.69) is 23.0 Å². The van der Waals surface area contributed by atoms with E-state index < -0.39 is 0 Å². The van der Waals surface area contributed by atoms with E-state index in [9.17, 15) is 10.1 Å². The van der Waals surface area contributed by atoms with Gasteiger partial charge in [-0.05, 0) is 25.5 Å². The summed E-state index contributed by atoms with van der Waals surface area (Å²) in [4.78, 5) is 16.9. The summed E-state index contributed by atoms with van der Waals surface area (Å²) in [7, 11) is 0. The first-order chi connectivity index (χ1) is 12.1. The highest BCUT2D eigenvalue weighted by Crippen LogP contribution is 2.22. The molecule has 1 saturated heterocycles. The smallest absolute Gasteiger partial charge is 0.257 e. The summed E-state index contributed by atoms with van der Waals surface area (Å²) >= 11 is 0. The Balaban J connectivity index is 1.68. The van der Waals surface area contributed by atoms with Crippen LogP contribution in [-0.2, 0) is 6.54 Å². The fourth-order valence-electron chi connectivity index (χ4n) is 3.24. The number of nitrogens with zero attached hydrogens (tertiary/aromatic N) is 5. The van der Waals surface area contributed by atoms with Gasteiger partial charge in [0, 0.05) is 38.9 Å². The molecule has 1 aromatic carbocycles. The van der Waals surface area contributed by atoms with E-state index in [1.807, 2.05) is 47.0 Å². The fourth-order valence-corrected chi connectivity index (χ4v) is 3.24. The van der Waals surface area contributed by atoms with Crippen molar-refractivity contribution in [3.05, 3.63) is 47.3 Å². The summed E-state index contributed by atoms with van der Waals surface area (Å²) in [5.74, 6) is 0.0491. The maximum Gasteiger partial charge on any atom is 0.257 e. The molecule has 1 fully saturated rings. The predicted octanol–water partition coefficient (Wildman–Crippen LogP) is 2.44. The minimum absolute atomic E-state index is 0.0491. The van der Waals surface area contributed by atoms with Crippen molar-refractivity contribution in [1.82, 2.24) is 14.7 Å².